The molecular formula is C18H14N6S. The van der Waals surface area contributed by atoms with Crippen LogP contribution in [0.3, 0.4) is 0 Å². The van der Waals surface area contributed by atoms with Gasteiger partial charge in [-0.15, -0.1) is 11.3 Å². The third-order valence-corrected chi connectivity index (χ3v) is 5.10. The Kier molecular flexibility index (Phi) is 3.48. The summed E-state index contributed by atoms with van der Waals surface area (Å²) in [6.45, 7) is 4.17. The van der Waals surface area contributed by atoms with E-state index in [4.69, 9.17) is 11.0 Å². The molecule has 0 bridgehead atoms. The minimum Gasteiger partial charge on any atom is -0.382 e. The lowest BCUT2D eigenvalue weighted by Gasteiger charge is -2.03. The summed E-state index contributed by atoms with van der Waals surface area (Å²) < 4.78 is 2.38. The Labute approximate surface area is 148 Å². The molecule has 0 saturated carbocycles. The number of fused-ring (bicyclic) bond motifs is 1. The van der Waals surface area contributed by atoms with E-state index in [1.165, 1.54) is 28.3 Å². The number of anilines is 1. The lowest BCUT2D eigenvalue weighted by Crippen LogP contribution is -2.05. The summed E-state index contributed by atoms with van der Waals surface area (Å²) >= 11 is 1.59. The number of aryl methyl sites for hydroxylation is 2. The summed E-state index contributed by atoms with van der Waals surface area (Å²) in [6.07, 6.45) is 2.94. The Morgan fingerprint density at radius 2 is 1.88 bits per heavy atom. The number of hydrogen-bond donors (Lipinski definition) is 1. The molecule has 3 aromatic heterocycles. The van der Waals surface area contributed by atoms with E-state index in [2.05, 4.69) is 47.1 Å². The van der Waals surface area contributed by atoms with E-state index in [1.54, 1.807) is 11.3 Å². The van der Waals surface area contributed by atoms with Gasteiger partial charge in [0, 0.05) is 4.88 Å². The van der Waals surface area contributed by atoms with Crippen molar-refractivity contribution < 1.29 is 0 Å². The molecule has 1 aromatic carbocycles. The molecule has 4 rings (SSSR count). The van der Waals surface area contributed by atoms with E-state index in [-0.39, 0.29) is 5.82 Å². The van der Waals surface area contributed by atoms with Crippen LogP contribution in [0.4, 0.5) is 5.82 Å². The van der Waals surface area contributed by atoms with Gasteiger partial charge in [0.15, 0.2) is 5.82 Å². The summed E-state index contributed by atoms with van der Waals surface area (Å²) in [5.74, 6) is 0.869. The molecule has 2 N–H and O–H groups in total. The number of rotatable bonds is 2. The largest absolute Gasteiger partial charge is 0.382 e. The predicted octanol–water partition coefficient (Wildman–Crippen LogP) is 3.61. The molecule has 0 atom stereocenters. The van der Waals surface area contributed by atoms with Crippen molar-refractivity contribution in [3.63, 3.8) is 0 Å². The number of thiophene rings is 1. The second kappa shape index (κ2) is 5.69. The molecule has 0 saturated heterocycles. The van der Waals surface area contributed by atoms with Gasteiger partial charge in [0.1, 0.15) is 23.8 Å². The van der Waals surface area contributed by atoms with Crippen LogP contribution < -0.4 is 5.73 Å². The van der Waals surface area contributed by atoms with Crippen molar-refractivity contribution in [1.82, 2.24) is 19.7 Å². The first-order chi connectivity index (χ1) is 12.1. The average molecular weight is 346 g/mol. The van der Waals surface area contributed by atoms with Crippen molar-refractivity contribution in [3.8, 4) is 22.3 Å². The first kappa shape index (κ1) is 15.3. The fourth-order valence-electron chi connectivity index (χ4n) is 2.86. The Bertz CT molecular complexity index is 1130. The monoisotopic (exact) mass is 346 g/mol. The van der Waals surface area contributed by atoms with Crippen LogP contribution in [0.1, 0.15) is 16.7 Å². The minimum atomic E-state index is 0.281. The number of nitrogens with two attached hydrogens (primary N) is 1. The van der Waals surface area contributed by atoms with Crippen LogP contribution in [-0.2, 0) is 0 Å². The van der Waals surface area contributed by atoms with Crippen molar-refractivity contribution in [2.45, 2.75) is 13.8 Å². The SMILES string of the molecule is Cc1cc(C)cc(-c2cc3ncnc(-n4ncc(C#N)c4N)c3s2)c1. The molecule has 0 unspecified atom stereocenters. The van der Waals surface area contributed by atoms with Gasteiger partial charge in [-0.25, -0.2) is 9.97 Å². The molecule has 4 aromatic rings. The van der Waals surface area contributed by atoms with Crippen LogP contribution in [0.2, 0.25) is 0 Å². The van der Waals surface area contributed by atoms with Crippen molar-refractivity contribution in [2.75, 3.05) is 5.73 Å². The number of benzene rings is 1. The van der Waals surface area contributed by atoms with Gasteiger partial charge in [-0.05, 0) is 25.5 Å². The summed E-state index contributed by atoms with van der Waals surface area (Å²) in [6, 6.07) is 10.5. The van der Waals surface area contributed by atoms with Crippen LogP contribution in [-0.4, -0.2) is 19.7 Å². The van der Waals surface area contributed by atoms with Gasteiger partial charge in [0.25, 0.3) is 0 Å². The standard InChI is InChI=1S/C18H14N6S/c1-10-3-11(2)5-12(4-10)15-6-14-16(25-15)18(22-9-21-14)24-17(20)13(7-19)8-23-24/h3-6,8-9H,20H2,1-2H3. The van der Waals surface area contributed by atoms with E-state index in [0.29, 0.717) is 11.4 Å². The zero-order valence-corrected chi connectivity index (χ0v) is 14.5. The van der Waals surface area contributed by atoms with Gasteiger partial charge in [0.05, 0.1) is 16.4 Å². The fraction of sp³-hybridized carbons (Fsp3) is 0.111. The smallest absolute Gasteiger partial charge is 0.176 e. The van der Waals surface area contributed by atoms with E-state index in [1.807, 2.05) is 12.1 Å². The Morgan fingerprint density at radius 1 is 1.12 bits per heavy atom. The first-order valence-corrected chi connectivity index (χ1v) is 8.45. The summed E-state index contributed by atoms with van der Waals surface area (Å²) in [5, 5.41) is 13.3. The molecule has 0 aliphatic rings. The Balaban J connectivity index is 1.92. The topological polar surface area (TPSA) is 93.4 Å². The van der Waals surface area contributed by atoms with Crippen LogP contribution in [0, 0.1) is 25.2 Å². The maximum Gasteiger partial charge on any atom is 0.176 e. The summed E-state index contributed by atoms with van der Waals surface area (Å²) in [5.41, 5.74) is 10.8. The maximum absolute atomic E-state index is 9.08. The lowest BCUT2D eigenvalue weighted by molar-refractivity contribution is 0.863. The van der Waals surface area contributed by atoms with E-state index >= 15 is 0 Å². The van der Waals surface area contributed by atoms with Crippen molar-refractivity contribution >= 4 is 27.4 Å². The maximum atomic E-state index is 9.08. The summed E-state index contributed by atoms with van der Waals surface area (Å²) in [7, 11) is 0. The molecular weight excluding hydrogens is 332 g/mol. The molecule has 0 aliphatic heterocycles. The average Bonchev–Trinajstić information content (AvgIpc) is 3.17. The van der Waals surface area contributed by atoms with Gasteiger partial charge in [0.2, 0.25) is 0 Å². The van der Waals surface area contributed by atoms with Gasteiger partial charge < -0.3 is 5.73 Å². The second-order valence-corrected chi connectivity index (χ2v) is 6.92. The third kappa shape index (κ3) is 2.53. The van der Waals surface area contributed by atoms with E-state index in [9.17, 15) is 0 Å². The molecule has 25 heavy (non-hydrogen) atoms. The molecule has 122 valence electrons. The van der Waals surface area contributed by atoms with Crippen LogP contribution >= 0.6 is 11.3 Å². The van der Waals surface area contributed by atoms with Crippen LogP contribution in [0.15, 0.2) is 36.8 Å². The van der Waals surface area contributed by atoms with Gasteiger partial charge >= 0.3 is 0 Å². The zero-order valence-electron chi connectivity index (χ0n) is 13.7. The number of hydrogen-bond acceptors (Lipinski definition) is 6. The third-order valence-electron chi connectivity index (χ3n) is 3.93. The number of nitriles is 1. The normalized spacial score (nSPS) is 10.9. The molecule has 0 aliphatic carbocycles. The molecule has 0 spiro atoms. The second-order valence-electron chi connectivity index (χ2n) is 5.87. The van der Waals surface area contributed by atoms with E-state index in [0.717, 1.165) is 20.7 Å². The first-order valence-electron chi connectivity index (χ1n) is 7.64. The lowest BCUT2D eigenvalue weighted by atomic mass is 10.1. The highest BCUT2D eigenvalue weighted by Gasteiger charge is 2.16. The number of nitrogens with zero attached hydrogens (tertiary/aromatic N) is 5. The molecule has 0 amide bonds. The highest BCUT2D eigenvalue weighted by Crippen LogP contribution is 2.36. The molecule has 3 heterocycles. The minimum absolute atomic E-state index is 0.281. The molecule has 6 nitrogen and oxygen atoms in total. The van der Waals surface area contributed by atoms with Crippen molar-refractivity contribution in [3.05, 3.63) is 53.5 Å². The van der Waals surface area contributed by atoms with E-state index < -0.39 is 0 Å². The Morgan fingerprint density at radius 3 is 2.56 bits per heavy atom. The molecule has 0 radical (unpaired) electrons. The fourth-order valence-corrected chi connectivity index (χ4v) is 3.94. The summed E-state index contributed by atoms with van der Waals surface area (Å²) in [4.78, 5) is 9.81. The Hall–Kier alpha value is -3.24. The van der Waals surface area contributed by atoms with Crippen LogP contribution in [0.25, 0.3) is 26.5 Å². The predicted molar refractivity (Wildman–Crippen MR) is 98.6 cm³/mol. The number of nitrogen functional groups attached to an aromatic ring is 1. The number of aromatic nitrogens is 4. The zero-order chi connectivity index (χ0) is 17.6. The van der Waals surface area contributed by atoms with Crippen molar-refractivity contribution in [2.24, 2.45) is 0 Å². The van der Waals surface area contributed by atoms with Gasteiger partial charge in [-0.3, -0.25) is 0 Å². The highest BCUT2D eigenvalue weighted by molar-refractivity contribution is 7.22. The highest BCUT2D eigenvalue weighted by atomic mass is 32.1. The molecule has 0 fully saturated rings. The van der Waals surface area contributed by atoms with Gasteiger partial charge in [-0.2, -0.15) is 15.0 Å². The van der Waals surface area contributed by atoms with Crippen molar-refractivity contribution in [1.29, 1.82) is 5.26 Å². The quantitative estimate of drug-likeness (QED) is 0.598. The van der Waals surface area contributed by atoms with Gasteiger partial charge in [-0.1, -0.05) is 29.3 Å². The van der Waals surface area contributed by atoms with Crippen LogP contribution in [0.5, 0.6) is 0 Å². The molecule has 7 heteroatoms.